The molecule has 2 rings (SSSR count). The number of nitrogens with one attached hydrogen (secondary N) is 1. The predicted octanol–water partition coefficient (Wildman–Crippen LogP) is 4.62. The molecule has 104 valence electrons. The van der Waals surface area contributed by atoms with E-state index in [1.807, 2.05) is 0 Å². The second-order valence-corrected chi connectivity index (χ2v) is 5.19. The predicted molar refractivity (Wildman–Crippen MR) is 80.2 cm³/mol. The maximum absolute atomic E-state index is 13.6. The third-order valence-electron chi connectivity index (χ3n) is 2.48. The highest BCUT2D eigenvalue weighted by molar-refractivity contribution is 6.42. The minimum absolute atomic E-state index is 0.153. The molecule has 0 aliphatic rings. The Morgan fingerprint density at radius 1 is 1.10 bits per heavy atom. The molecule has 2 aromatic carbocycles. The number of anilines is 2. The molecule has 0 radical (unpaired) electrons. The van der Waals surface area contributed by atoms with E-state index in [1.165, 1.54) is 24.3 Å². The van der Waals surface area contributed by atoms with Gasteiger partial charge in [0.2, 0.25) is 0 Å². The number of halogens is 4. The Morgan fingerprint density at radius 2 is 1.70 bits per heavy atom. The number of nitrogens with two attached hydrogens (primary N) is 1. The van der Waals surface area contributed by atoms with Crippen molar-refractivity contribution in [2.75, 3.05) is 11.1 Å². The lowest BCUT2D eigenvalue weighted by Gasteiger charge is -2.10. The van der Waals surface area contributed by atoms with E-state index in [0.717, 1.165) is 6.07 Å². The van der Waals surface area contributed by atoms with Crippen LogP contribution in [0.15, 0.2) is 30.3 Å². The SMILES string of the molecule is Nc1ccc(F)c(C(=O)Nc2c(Cl)cc(Cl)cc2Cl)c1. The van der Waals surface area contributed by atoms with Gasteiger partial charge in [-0.1, -0.05) is 34.8 Å². The topological polar surface area (TPSA) is 55.1 Å². The molecule has 0 heterocycles. The van der Waals surface area contributed by atoms with Crippen LogP contribution in [0.4, 0.5) is 15.8 Å². The van der Waals surface area contributed by atoms with E-state index in [4.69, 9.17) is 40.5 Å². The Hall–Kier alpha value is -1.49. The molecule has 0 saturated carbocycles. The van der Waals surface area contributed by atoms with Crippen LogP contribution >= 0.6 is 34.8 Å². The van der Waals surface area contributed by atoms with Crippen LogP contribution in [0, 0.1) is 5.82 Å². The molecule has 0 aliphatic carbocycles. The highest BCUT2D eigenvalue weighted by Crippen LogP contribution is 2.34. The summed E-state index contributed by atoms with van der Waals surface area (Å²) < 4.78 is 13.6. The number of carbonyl (C=O) groups excluding carboxylic acids is 1. The maximum Gasteiger partial charge on any atom is 0.258 e. The monoisotopic (exact) mass is 332 g/mol. The first-order valence-electron chi connectivity index (χ1n) is 5.39. The van der Waals surface area contributed by atoms with Crippen molar-refractivity contribution in [2.45, 2.75) is 0 Å². The van der Waals surface area contributed by atoms with Crippen molar-refractivity contribution in [3.63, 3.8) is 0 Å². The molecule has 0 spiro atoms. The number of nitrogen functional groups attached to an aromatic ring is 1. The van der Waals surface area contributed by atoms with Gasteiger partial charge in [0.1, 0.15) is 5.82 Å². The van der Waals surface area contributed by atoms with Crippen LogP contribution in [0.3, 0.4) is 0 Å². The molecule has 20 heavy (non-hydrogen) atoms. The van der Waals surface area contributed by atoms with Crippen LogP contribution in [0.2, 0.25) is 15.1 Å². The maximum atomic E-state index is 13.6. The van der Waals surface area contributed by atoms with Gasteiger partial charge in [0.25, 0.3) is 5.91 Å². The lowest BCUT2D eigenvalue weighted by Crippen LogP contribution is -2.14. The first-order chi connectivity index (χ1) is 9.38. The zero-order valence-corrected chi connectivity index (χ0v) is 12.2. The summed E-state index contributed by atoms with van der Waals surface area (Å²) in [6, 6.07) is 6.52. The third-order valence-corrected chi connectivity index (χ3v) is 3.29. The van der Waals surface area contributed by atoms with E-state index < -0.39 is 11.7 Å². The Morgan fingerprint density at radius 3 is 2.30 bits per heavy atom. The van der Waals surface area contributed by atoms with Crippen LogP contribution in [0.1, 0.15) is 10.4 Å². The quantitative estimate of drug-likeness (QED) is 0.788. The molecule has 2 aromatic rings. The molecular weight excluding hydrogens is 326 g/mol. The zero-order valence-electron chi connectivity index (χ0n) is 9.88. The van der Waals surface area contributed by atoms with Crippen LogP contribution < -0.4 is 11.1 Å². The van der Waals surface area contributed by atoms with Gasteiger partial charge in [-0.3, -0.25) is 4.79 Å². The van der Waals surface area contributed by atoms with E-state index in [9.17, 15) is 9.18 Å². The van der Waals surface area contributed by atoms with E-state index in [-0.39, 0.29) is 27.0 Å². The van der Waals surface area contributed by atoms with Crippen LogP contribution in [-0.2, 0) is 0 Å². The summed E-state index contributed by atoms with van der Waals surface area (Å²) in [5, 5.41) is 3.07. The number of carbonyl (C=O) groups is 1. The van der Waals surface area contributed by atoms with E-state index in [1.54, 1.807) is 0 Å². The molecule has 0 fully saturated rings. The van der Waals surface area contributed by atoms with Gasteiger partial charge in [-0.15, -0.1) is 0 Å². The van der Waals surface area contributed by atoms with Crippen molar-refractivity contribution in [1.82, 2.24) is 0 Å². The summed E-state index contributed by atoms with van der Waals surface area (Å²) in [6.45, 7) is 0. The minimum atomic E-state index is -0.707. The lowest BCUT2D eigenvalue weighted by molar-refractivity contribution is 0.102. The lowest BCUT2D eigenvalue weighted by atomic mass is 10.1. The highest BCUT2D eigenvalue weighted by atomic mass is 35.5. The Labute approximate surface area is 129 Å². The van der Waals surface area contributed by atoms with Crippen LogP contribution in [0.25, 0.3) is 0 Å². The van der Waals surface area contributed by atoms with Gasteiger partial charge in [0, 0.05) is 10.7 Å². The smallest absolute Gasteiger partial charge is 0.258 e. The van der Waals surface area contributed by atoms with Gasteiger partial charge in [-0.2, -0.15) is 0 Å². The van der Waals surface area contributed by atoms with Crippen molar-refractivity contribution < 1.29 is 9.18 Å². The normalized spacial score (nSPS) is 10.4. The molecule has 0 saturated heterocycles. The molecule has 0 aliphatic heterocycles. The summed E-state index contributed by atoms with van der Waals surface area (Å²) >= 11 is 17.6. The fourth-order valence-electron chi connectivity index (χ4n) is 1.56. The molecule has 0 unspecified atom stereocenters. The zero-order chi connectivity index (χ0) is 14.9. The summed E-state index contributed by atoms with van der Waals surface area (Å²) in [6.07, 6.45) is 0. The van der Waals surface area contributed by atoms with Gasteiger partial charge >= 0.3 is 0 Å². The van der Waals surface area contributed by atoms with Crippen molar-refractivity contribution in [2.24, 2.45) is 0 Å². The van der Waals surface area contributed by atoms with Crippen molar-refractivity contribution in [3.8, 4) is 0 Å². The van der Waals surface area contributed by atoms with Gasteiger partial charge in [0.05, 0.1) is 21.3 Å². The van der Waals surface area contributed by atoms with Crippen molar-refractivity contribution in [1.29, 1.82) is 0 Å². The summed E-state index contributed by atoms with van der Waals surface area (Å²) in [7, 11) is 0. The number of amides is 1. The van der Waals surface area contributed by atoms with Crippen LogP contribution in [0.5, 0.6) is 0 Å². The largest absolute Gasteiger partial charge is 0.399 e. The highest BCUT2D eigenvalue weighted by Gasteiger charge is 2.16. The standard InChI is InChI=1S/C13H8Cl3FN2O/c14-6-3-9(15)12(10(16)4-6)19-13(20)8-5-7(18)1-2-11(8)17/h1-5H,18H2,(H,19,20). The Bertz CT molecular complexity index is 668. The third kappa shape index (κ3) is 3.15. The number of rotatable bonds is 2. The fraction of sp³-hybridized carbons (Fsp3) is 0. The van der Waals surface area contributed by atoms with Gasteiger partial charge in [-0.05, 0) is 30.3 Å². The molecule has 3 N–H and O–H groups in total. The van der Waals surface area contributed by atoms with E-state index in [2.05, 4.69) is 5.32 Å². The molecule has 0 bridgehead atoms. The average molecular weight is 334 g/mol. The number of hydrogen-bond acceptors (Lipinski definition) is 2. The average Bonchev–Trinajstić information content (AvgIpc) is 2.36. The molecule has 1 amide bonds. The van der Waals surface area contributed by atoms with Crippen molar-refractivity contribution >= 4 is 52.1 Å². The van der Waals surface area contributed by atoms with Gasteiger partial charge in [-0.25, -0.2) is 4.39 Å². The molecule has 7 heteroatoms. The molecule has 3 nitrogen and oxygen atoms in total. The summed E-state index contributed by atoms with van der Waals surface area (Å²) in [5.41, 5.74) is 5.75. The van der Waals surface area contributed by atoms with Crippen molar-refractivity contribution in [3.05, 3.63) is 56.8 Å². The minimum Gasteiger partial charge on any atom is -0.399 e. The number of benzene rings is 2. The fourth-order valence-corrected chi connectivity index (χ4v) is 2.47. The van der Waals surface area contributed by atoms with Gasteiger partial charge in [0.15, 0.2) is 0 Å². The number of hydrogen-bond donors (Lipinski definition) is 2. The van der Waals surface area contributed by atoms with E-state index in [0.29, 0.717) is 5.02 Å². The van der Waals surface area contributed by atoms with Crippen LogP contribution in [-0.4, -0.2) is 5.91 Å². The second kappa shape index (κ2) is 5.87. The molecule has 0 atom stereocenters. The van der Waals surface area contributed by atoms with E-state index >= 15 is 0 Å². The summed E-state index contributed by atoms with van der Waals surface area (Å²) in [5.74, 6) is -1.40. The molecular formula is C13H8Cl3FN2O. The summed E-state index contributed by atoms with van der Waals surface area (Å²) in [4.78, 5) is 12.0. The second-order valence-electron chi connectivity index (χ2n) is 3.94. The van der Waals surface area contributed by atoms with Gasteiger partial charge < -0.3 is 11.1 Å². The molecule has 0 aromatic heterocycles. The first-order valence-corrected chi connectivity index (χ1v) is 6.53. The Balaban J connectivity index is 2.35. The Kier molecular flexibility index (Phi) is 4.38. The first kappa shape index (κ1) is 14.9.